The average Bonchev–Trinajstić information content (AvgIpc) is 2.98. The zero-order valence-electron chi connectivity index (χ0n) is 12.9. The van der Waals surface area contributed by atoms with Gasteiger partial charge in [-0.05, 0) is 24.8 Å². The molecule has 0 unspecified atom stereocenters. The summed E-state index contributed by atoms with van der Waals surface area (Å²) in [6.07, 6.45) is 4.31. The summed E-state index contributed by atoms with van der Waals surface area (Å²) in [5, 5.41) is 0.660. The molecule has 2 N–H and O–H groups in total. The second-order valence-corrected chi connectivity index (χ2v) is 6.02. The summed E-state index contributed by atoms with van der Waals surface area (Å²) in [6, 6.07) is 5.20. The van der Waals surface area contributed by atoms with Crippen molar-refractivity contribution in [2.75, 3.05) is 43.1 Å². The lowest BCUT2D eigenvalue weighted by Gasteiger charge is -2.22. The summed E-state index contributed by atoms with van der Waals surface area (Å²) in [5.74, 6) is 1.60. The molecule has 0 aliphatic carbocycles. The lowest BCUT2D eigenvalue weighted by atomic mass is 10.3. The topological polar surface area (TPSA) is 88.5 Å². The van der Waals surface area contributed by atoms with Crippen molar-refractivity contribution in [3.8, 4) is 0 Å². The SMILES string of the molecule is CSc1nc(N)cc(N2CCCN(C(=O)c3ccco3)CC2)n1. The van der Waals surface area contributed by atoms with E-state index in [1.165, 1.54) is 18.0 Å². The minimum absolute atomic E-state index is 0.0659. The van der Waals surface area contributed by atoms with E-state index in [2.05, 4.69) is 14.9 Å². The molecule has 0 atom stereocenters. The number of nitrogens with zero attached hydrogens (tertiary/aromatic N) is 4. The summed E-state index contributed by atoms with van der Waals surface area (Å²) < 4.78 is 5.20. The first kappa shape index (κ1) is 15.7. The highest BCUT2D eigenvalue weighted by molar-refractivity contribution is 7.98. The van der Waals surface area contributed by atoms with Gasteiger partial charge in [0.05, 0.1) is 6.26 Å². The van der Waals surface area contributed by atoms with Gasteiger partial charge in [-0.1, -0.05) is 11.8 Å². The molecule has 1 aliphatic rings. The second kappa shape index (κ2) is 6.91. The highest BCUT2D eigenvalue weighted by Crippen LogP contribution is 2.20. The summed E-state index contributed by atoms with van der Waals surface area (Å²) in [5.41, 5.74) is 5.85. The standard InChI is InChI=1S/C15H19N5O2S/c1-23-15-17-12(16)10-13(18-15)19-5-3-6-20(8-7-19)14(21)11-4-2-9-22-11/h2,4,9-10H,3,5-8H2,1H3,(H2,16,17,18). The molecule has 23 heavy (non-hydrogen) atoms. The number of hydrogen-bond acceptors (Lipinski definition) is 7. The fourth-order valence-corrected chi connectivity index (χ4v) is 2.97. The fourth-order valence-electron chi connectivity index (χ4n) is 2.59. The van der Waals surface area contributed by atoms with Crippen LogP contribution in [0.5, 0.6) is 0 Å². The van der Waals surface area contributed by atoms with Crippen molar-refractivity contribution in [3.05, 3.63) is 30.2 Å². The number of aromatic nitrogens is 2. The number of nitrogen functional groups attached to an aromatic ring is 1. The summed E-state index contributed by atoms with van der Waals surface area (Å²) in [6.45, 7) is 2.85. The van der Waals surface area contributed by atoms with Gasteiger partial charge in [-0.25, -0.2) is 9.97 Å². The molecule has 0 aromatic carbocycles. The van der Waals surface area contributed by atoms with E-state index in [0.717, 1.165) is 18.8 Å². The van der Waals surface area contributed by atoms with Gasteiger partial charge in [0.15, 0.2) is 10.9 Å². The van der Waals surface area contributed by atoms with Crippen LogP contribution in [-0.2, 0) is 0 Å². The monoisotopic (exact) mass is 333 g/mol. The Labute approximate surface area is 138 Å². The largest absolute Gasteiger partial charge is 0.459 e. The molecule has 3 heterocycles. The number of carbonyl (C=O) groups is 1. The molecule has 0 spiro atoms. The van der Waals surface area contributed by atoms with Gasteiger partial charge in [0.2, 0.25) is 0 Å². The van der Waals surface area contributed by atoms with Crippen LogP contribution in [0.2, 0.25) is 0 Å². The van der Waals surface area contributed by atoms with Crippen LogP contribution in [0.25, 0.3) is 0 Å². The highest BCUT2D eigenvalue weighted by Gasteiger charge is 2.22. The molecular weight excluding hydrogens is 314 g/mol. The number of anilines is 2. The first-order valence-electron chi connectivity index (χ1n) is 7.43. The normalized spacial score (nSPS) is 15.5. The van der Waals surface area contributed by atoms with E-state index < -0.39 is 0 Å². The number of furan rings is 1. The molecule has 1 aliphatic heterocycles. The summed E-state index contributed by atoms with van der Waals surface area (Å²) in [4.78, 5) is 25.0. The van der Waals surface area contributed by atoms with Gasteiger partial charge in [0, 0.05) is 32.2 Å². The first-order chi connectivity index (χ1) is 11.2. The first-order valence-corrected chi connectivity index (χ1v) is 8.66. The maximum atomic E-state index is 12.4. The third-order valence-corrected chi connectivity index (χ3v) is 4.28. The van der Waals surface area contributed by atoms with Gasteiger partial charge >= 0.3 is 0 Å². The molecule has 7 nitrogen and oxygen atoms in total. The van der Waals surface area contributed by atoms with Crippen molar-refractivity contribution in [1.29, 1.82) is 0 Å². The van der Waals surface area contributed by atoms with Gasteiger partial charge in [0.25, 0.3) is 5.91 Å². The molecule has 2 aromatic heterocycles. The Hall–Kier alpha value is -2.22. The van der Waals surface area contributed by atoms with Crippen LogP contribution < -0.4 is 10.6 Å². The maximum absolute atomic E-state index is 12.4. The molecule has 3 rings (SSSR count). The van der Waals surface area contributed by atoms with Gasteiger partial charge < -0.3 is 20.0 Å². The van der Waals surface area contributed by atoms with Crippen molar-refractivity contribution >= 4 is 29.3 Å². The van der Waals surface area contributed by atoms with Crippen molar-refractivity contribution in [2.45, 2.75) is 11.6 Å². The molecule has 2 aromatic rings. The van der Waals surface area contributed by atoms with Crippen molar-refractivity contribution in [3.63, 3.8) is 0 Å². The number of amides is 1. The number of thioether (sulfide) groups is 1. The van der Waals surface area contributed by atoms with E-state index in [-0.39, 0.29) is 5.91 Å². The molecule has 8 heteroatoms. The van der Waals surface area contributed by atoms with E-state index >= 15 is 0 Å². The highest BCUT2D eigenvalue weighted by atomic mass is 32.2. The lowest BCUT2D eigenvalue weighted by Crippen LogP contribution is -2.35. The predicted molar refractivity (Wildman–Crippen MR) is 89.7 cm³/mol. The van der Waals surface area contributed by atoms with Crippen LogP contribution >= 0.6 is 11.8 Å². The molecule has 0 saturated carbocycles. The summed E-state index contributed by atoms with van der Waals surface area (Å²) >= 11 is 1.46. The summed E-state index contributed by atoms with van der Waals surface area (Å²) in [7, 11) is 0. The van der Waals surface area contributed by atoms with E-state index in [4.69, 9.17) is 10.2 Å². The Bertz CT molecular complexity index is 677. The molecule has 122 valence electrons. The molecular formula is C15H19N5O2S. The van der Waals surface area contributed by atoms with E-state index in [0.29, 0.717) is 36.4 Å². The van der Waals surface area contributed by atoms with Gasteiger partial charge in [-0.2, -0.15) is 0 Å². The van der Waals surface area contributed by atoms with Gasteiger partial charge in [0.1, 0.15) is 11.6 Å². The lowest BCUT2D eigenvalue weighted by molar-refractivity contribution is 0.0735. The molecule has 1 amide bonds. The van der Waals surface area contributed by atoms with Crippen LogP contribution in [-0.4, -0.2) is 53.2 Å². The minimum atomic E-state index is -0.0659. The Kier molecular flexibility index (Phi) is 4.71. The predicted octanol–water partition coefficient (Wildman–Crippen LogP) is 1.73. The van der Waals surface area contributed by atoms with Gasteiger partial charge in [-0.3, -0.25) is 4.79 Å². The average molecular weight is 333 g/mol. The molecule has 0 bridgehead atoms. The Morgan fingerprint density at radius 1 is 1.30 bits per heavy atom. The number of nitrogens with two attached hydrogens (primary N) is 1. The van der Waals surface area contributed by atoms with Crippen molar-refractivity contribution < 1.29 is 9.21 Å². The zero-order chi connectivity index (χ0) is 16.2. The minimum Gasteiger partial charge on any atom is -0.459 e. The van der Waals surface area contributed by atoms with E-state index in [9.17, 15) is 4.79 Å². The van der Waals surface area contributed by atoms with E-state index in [1.807, 2.05) is 11.2 Å². The van der Waals surface area contributed by atoms with Crippen molar-refractivity contribution in [2.24, 2.45) is 0 Å². The Balaban J connectivity index is 1.71. The number of carbonyl (C=O) groups excluding carboxylic acids is 1. The Morgan fingerprint density at radius 3 is 2.91 bits per heavy atom. The van der Waals surface area contributed by atoms with Crippen LogP contribution in [0.15, 0.2) is 34.0 Å². The van der Waals surface area contributed by atoms with Crippen LogP contribution in [0, 0.1) is 0 Å². The maximum Gasteiger partial charge on any atom is 0.289 e. The second-order valence-electron chi connectivity index (χ2n) is 5.25. The zero-order valence-corrected chi connectivity index (χ0v) is 13.8. The van der Waals surface area contributed by atoms with Crippen LogP contribution in [0.3, 0.4) is 0 Å². The van der Waals surface area contributed by atoms with Gasteiger partial charge in [-0.15, -0.1) is 0 Å². The molecule has 0 radical (unpaired) electrons. The fraction of sp³-hybridized carbons (Fsp3) is 0.400. The quantitative estimate of drug-likeness (QED) is 0.676. The Morgan fingerprint density at radius 2 is 2.17 bits per heavy atom. The van der Waals surface area contributed by atoms with Crippen LogP contribution in [0.4, 0.5) is 11.6 Å². The van der Waals surface area contributed by atoms with E-state index in [1.54, 1.807) is 18.2 Å². The molecule has 1 saturated heterocycles. The third-order valence-electron chi connectivity index (χ3n) is 3.73. The van der Waals surface area contributed by atoms with Crippen molar-refractivity contribution in [1.82, 2.24) is 14.9 Å². The number of hydrogen-bond donors (Lipinski definition) is 1. The number of rotatable bonds is 3. The third kappa shape index (κ3) is 3.58. The van der Waals surface area contributed by atoms with Crippen LogP contribution in [0.1, 0.15) is 17.0 Å². The smallest absolute Gasteiger partial charge is 0.289 e. The molecule has 1 fully saturated rings.